The Balaban J connectivity index is 1.15. The highest BCUT2D eigenvalue weighted by atomic mass is 16.6. The van der Waals surface area contributed by atoms with Crippen LogP contribution in [0, 0.1) is 18.3 Å². The molecule has 0 bridgehead atoms. The molecule has 1 aliphatic heterocycles. The highest BCUT2D eigenvalue weighted by Gasteiger charge is 2.59. The molecule has 7 nitrogen and oxygen atoms in total. The van der Waals surface area contributed by atoms with E-state index < -0.39 is 0 Å². The van der Waals surface area contributed by atoms with Gasteiger partial charge in [0.15, 0.2) is 0 Å². The minimum atomic E-state index is 0.0467. The van der Waals surface area contributed by atoms with Crippen molar-refractivity contribution in [1.82, 2.24) is 20.1 Å². The second-order valence-corrected chi connectivity index (χ2v) is 9.35. The van der Waals surface area contributed by atoms with Crippen LogP contribution in [-0.2, 0) is 22.6 Å². The van der Waals surface area contributed by atoms with Crippen LogP contribution in [0.3, 0.4) is 0 Å². The number of aryl methyl sites for hydroxylation is 1. The number of piperidine rings is 1. The average Bonchev–Trinajstić information content (AvgIpc) is 3.35. The third-order valence-electron chi connectivity index (χ3n) is 7.28. The fourth-order valence-corrected chi connectivity index (χ4v) is 5.05. The number of hydrogen-bond donors (Lipinski definition) is 0. The first-order valence-corrected chi connectivity index (χ1v) is 11.2. The predicted molar refractivity (Wildman–Crippen MR) is 120 cm³/mol. The summed E-state index contributed by atoms with van der Waals surface area (Å²) in [4.78, 5) is 29.5. The van der Waals surface area contributed by atoms with Crippen molar-refractivity contribution in [2.45, 2.75) is 39.2 Å². The van der Waals surface area contributed by atoms with Crippen molar-refractivity contribution < 1.29 is 14.2 Å². The zero-order valence-corrected chi connectivity index (χ0v) is 18.6. The van der Waals surface area contributed by atoms with Gasteiger partial charge in [-0.15, -0.1) is 0 Å². The number of carbonyl (C=O) groups is 2. The van der Waals surface area contributed by atoms with Gasteiger partial charge in [0.05, 0.1) is 13.0 Å². The minimum absolute atomic E-state index is 0.0467. The largest absolute Gasteiger partial charge is 0.342 e. The van der Waals surface area contributed by atoms with Gasteiger partial charge in [0.1, 0.15) is 11.4 Å². The van der Waals surface area contributed by atoms with Crippen LogP contribution in [0.4, 0.5) is 0 Å². The number of nitrogens with zero attached hydrogens (tertiary/aromatic N) is 4. The lowest BCUT2D eigenvalue weighted by atomic mass is 9.90. The Bertz CT molecular complexity index is 1160. The molecule has 1 saturated carbocycles. The van der Waals surface area contributed by atoms with Gasteiger partial charge in [0.2, 0.25) is 11.8 Å². The number of rotatable bonds is 5. The van der Waals surface area contributed by atoms with E-state index >= 15 is 0 Å². The third kappa shape index (κ3) is 3.87. The van der Waals surface area contributed by atoms with E-state index in [-0.39, 0.29) is 23.1 Å². The van der Waals surface area contributed by atoms with E-state index in [1.54, 1.807) is 4.90 Å². The van der Waals surface area contributed by atoms with Crippen molar-refractivity contribution in [2.24, 2.45) is 11.3 Å². The molecule has 1 spiro atoms. The Hall–Kier alpha value is -3.22. The maximum atomic E-state index is 12.9. The summed E-state index contributed by atoms with van der Waals surface area (Å²) in [6.07, 6.45) is 3.13. The second-order valence-electron chi connectivity index (χ2n) is 9.35. The highest BCUT2D eigenvalue weighted by molar-refractivity contribution is 5.86. The molecule has 2 aliphatic rings. The summed E-state index contributed by atoms with van der Waals surface area (Å²) >= 11 is 0. The molecule has 32 heavy (non-hydrogen) atoms. The molecule has 2 fully saturated rings. The van der Waals surface area contributed by atoms with Crippen LogP contribution in [0.2, 0.25) is 0 Å². The molecular weight excluding hydrogens is 404 g/mol. The molecule has 1 aromatic heterocycles. The van der Waals surface area contributed by atoms with Gasteiger partial charge in [-0.1, -0.05) is 52.8 Å². The Morgan fingerprint density at radius 3 is 2.59 bits per heavy atom. The van der Waals surface area contributed by atoms with Gasteiger partial charge in [0.25, 0.3) is 0 Å². The summed E-state index contributed by atoms with van der Waals surface area (Å²) in [6, 6.07) is 14.4. The van der Waals surface area contributed by atoms with Gasteiger partial charge in [-0.25, -0.2) is 4.63 Å². The van der Waals surface area contributed by atoms with Gasteiger partial charge in [-0.05, 0) is 47.9 Å². The summed E-state index contributed by atoms with van der Waals surface area (Å²) in [5, 5.41) is 10.0. The average molecular weight is 433 g/mol. The molecule has 1 saturated heterocycles. The molecule has 166 valence electrons. The van der Waals surface area contributed by atoms with E-state index in [4.69, 9.17) is 4.63 Å². The molecule has 3 aromatic rings. The molecule has 0 radical (unpaired) electrons. The van der Waals surface area contributed by atoms with Crippen LogP contribution in [-0.4, -0.2) is 52.1 Å². The summed E-state index contributed by atoms with van der Waals surface area (Å²) in [5.41, 5.74) is 2.52. The quantitative estimate of drug-likeness (QED) is 0.618. The predicted octanol–water partition coefficient (Wildman–Crippen LogP) is 3.36. The standard InChI is InChI=1S/C25H28N4O3/c1-17-22(27-32-26-17)16-28(2)24(31)21-15-25(21)9-11-29(12-10-25)23(30)14-18-7-8-19-5-3-4-6-20(19)13-18/h3-8,13,21H,9-12,14-16H2,1-2H3. The van der Waals surface area contributed by atoms with Gasteiger partial charge in [-0.3, -0.25) is 9.59 Å². The van der Waals surface area contributed by atoms with E-state index in [1.807, 2.05) is 37.1 Å². The molecular formula is C25H28N4O3. The molecule has 2 amide bonds. The second kappa shape index (κ2) is 8.04. The van der Waals surface area contributed by atoms with Crippen LogP contribution >= 0.6 is 0 Å². The van der Waals surface area contributed by atoms with E-state index in [0.29, 0.717) is 24.4 Å². The zero-order valence-electron chi connectivity index (χ0n) is 18.6. The van der Waals surface area contributed by atoms with Crippen molar-refractivity contribution in [3.63, 3.8) is 0 Å². The van der Waals surface area contributed by atoms with Crippen LogP contribution in [0.5, 0.6) is 0 Å². The SMILES string of the molecule is Cc1nonc1CN(C)C(=O)C1CC12CCN(C(=O)Cc1ccc3ccccc3c1)CC2. The summed E-state index contributed by atoms with van der Waals surface area (Å²) in [6.45, 7) is 3.70. The third-order valence-corrected chi connectivity index (χ3v) is 7.28. The lowest BCUT2D eigenvalue weighted by Gasteiger charge is -2.33. The van der Waals surface area contributed by atoms with E-state index in [9.17, 15) is 9.59 Å². The van der Waals surface area contributed by atoms with Crippen molar-refractivity contribution in [1.29, 1.82) is 0 Å². The van der Waals surface area contributed by atoms with Crippen LogP contribution in [0.15, 0.2) is 47.1 Å². The van der Waals surface area contributed by atoms with Crippen molar-refractivity contribution >= 4 is 22.6 Å². The number of benzene rings is 2. The zero-order chi connectivity index (χ0) is 22.3. The molecule has 7 heteroatoms. The topological polar surface area (TPSA) is 79.5 Å². The Morgan fingerprint density at radius 2 is 1.88 bits per heavy atom. The molecule has 2 heterocycles. The van der Waals surface area contributed by atoms with Crippen molar-refractivity contribution in [3.8, 4) is 0 Å². The number of hydrogen-bond acceptors (Lipinski definition) is 5. The molecule has 1 aliphatic carbocycles. The summed E-state index contributed by atoms with van der Waals surface area (Å²) in [5.74, 6) is 0.374. The monoisotopic (exact) mass is 432 g/mol. The van der Waals surface area contributed by atoms with E-state index in [2.05, 4.69) is 34.6 Å². The lowest BCUT2D eigenvalue weighted by Crippen LogP contribution is -2.41. The van der Waals surface area contributed by atoms with Gasteiger partial charge >= 0.3 is 0 Å². The molecule has 1 atom stereocenters. The fraction of sp³-hybridized carbons (Fsp3) is 0.440. The normalized spacial score (nSPS) is 19.3. The van der Waals surface area contributed by atoms with Crippen molar-refractivity contribution in [2.75, 3.05) is 20.1 Å². The Labute approximate surface area is 187 Å². The first-order chi connectivity index (χ1) is 15.4. The number of carbonyl (C=O) groups excluding carboxylic acids is 2. The Kier molecular flexibility index (Phi) is 5.19. The number of likely N-dealkylation sites (tertiary alicyclic amines) is 1. The smallest absolute Gasteiger partial charge is 0.226 e. The number of amides is 2. The van der Waals surface area contributed by atoms with Crippen LogP contribution in [0.1, 0.15) is 36.2 Å². The number of aromatic nitrogens is 2. The van der Waals surface area contributed by atoms with Crippen molar-refractivity contribution in [3.05, 3.63) is 59.4 Å². The van der Waals surface area contributed by atoms with Gasteiger partial charge < -0.3 is 9.80 Å². The minimum Gasteiger partial charge on any atom is -0.342 e. The lowest BCUT2D eigenvalue weighted by molar-refractivity contribution is -0.134. The summed E-state index contributed by atoms with van der Waals surface area (Å²) < 4.78 is 4.73. The van der Waals surface area contributed by atoms with Crippen LogP contribution < -0.4 is 0 Å². The number of fused-ring (bicyclic) bond motifs is 1. The van der Waals surface area contributed by atoms with E-state index in [0.717, 1.165) is 43.3 Å². The molecule has 5 rings (SSSR count). The van der Waals surface area contributed by atoms with Gasteiger partial charge in [0, 0.05) is 26.1 Å². The van der Waals surface area contributed by atoms with Crippen LogP contribution in [0.25, 0.3) is 10.8 Å². The Morgan fingerprint density at radius 1 is 1.12 bits per heavy atom. The molecule has 1 unspecified atom stereocenters. The summed E-state index contributed by atoms with van der Waals surface area (Å²) in [7, 11) is 1.81. The maximum Gasteiger partial charge on any atom is 0.226 e. The molecule has 2 aromatic carbocycles. The van der Waals surface area contributed by atoms with Gasteiger partial charge in [-0.2, -0.15) is 0 Å². The highest BCUT2D eigenvalue weighted by Crippen LogP contribution is 2.60. The maximum absolute atomic E-state index is 12.9. The molecule has 0 N–H and O–H groups in total. The first-order valence-electron chi connectivity index (χ1n) is 11.2. The van der Waals surface area contributed by atoms with E-state index in [1.165, 1.54) is 5.39 Å². The first kappa shape index (κ1) is 20.7. The fourth-order valence-electron chi connectivity index (χ4n) is 5.05.